The second-order valence-electron chi connectivity index (χ2n) is 4.94. The van der Waals surface area contributed by atoms with E-state index in [1.165, 1.54) is 25.7 Å². The maximum atomic E-state index is 12.2. The Morgan fingerprint density at radius 1 is 1.00 bits per heavy atom. The third kappa shape index (κ3) is 13.3. The van der Waals surface area contributed by atoms with Gasteiger partial charge in [0.25, 0.3) is 0 Å². The van der Waals surface area contributed by atoms with Crippen LogP contribution in [0.2, 0.25) is 0 Å². The van der Waals surface area contributed by atoms with E-state index < -0.39 is 18.6 Å². The summed E-state index contributed by atoms with van der Waals surface area (Å²) in [7, 11) is 0. The number of hydrogen-bond acceptors (Lipinski definition) is 1. The second kappa shape index (κ2) is 11.0. The average Bonchev–Trinajstić information content (AvgIpc) is 2.31. The van der Waals surface area contributed by atoms with Crippen LogP contribution in [-0.2, 0) is 0 Å². The van der Waals surface area contributed by atoms with Crippen molar-refractivity contribution in [1.82, 2.24) is 0 Å². The monoisotopic (exact) mass is 279 g/mol. The van der Waals surface area contributed by atoms with Crippen LogP contribution >= 0.6 is 0 Å². The van der Waals surface area contributed by atoms with Crippen LogP contribution in [0.25, 0.3) is 10.4 Å². The summed E-state index contributed by atoms with van der Waals surface area (Å²) in [6, 6.07) is -0.940. The molecular weight excluding hydrogens is 255 g/mol. The number of nitrogens with zero attached hydrogens (tertiary/aromatic N) is 3. The quantitative estimate of drug-likeness (QED) is 0.188. The Morgan fingerprint density at radius 2 is 1.53 bits per heavy atom. The largest absolute Gasteiger partial charge is 0.389 e. The molecule has 112 valence electrons. The standard InChI is InChI=1S/C13H24F3N3/c1-2-3-4-5-6-7-8-9-10-12(18-19-17)11-13(14,15)16/h12H,2-11H2,1H3. The van der Waals surface area contributed by atoms with E-state index in [0.29, 0.717) is 12.8 Å². The second-order valence-corrected chi connectivity index (χ2v) is 4.94. The highest BCUT2D eigenvalue weighted by molar-refractivity contribution is 4.71. The van der Waals surface area contributed by atoms with Crippen LogP contribution in [-0.4, -0.2) is 12.2 Å². The molecule has 0 fully saturated rings. The summed E-state index contributed by atoms with van der Waals surface area (Å²) < 4.78 is 36.6. The van der Waals surface area contributed by atoms with Gasteiger partial charge in [0.05, 0.1) is 6.42 Å². The molecule has 1 atom stereocenters. The SMILES string of the molecule is CCCCCCCCCCC(CC(F)(F)F)N=[N+]=[N-]. The van der Waals surface area contributed by atoms with Crippen molar-refractivity contribution in [3.8, 4) is 0 Å². The van der Waals surface area contributed by atoms with Crippen molar-refractivity contribution in [3.63, 3.8) is 0 Å². The topological polar surface area (TPSA) is 48.8 Å². The highest BCUT2D eigenvalue weighted by atomic mass is 19.4. The van der Waals surface area contributed by atoms with Crippen LogP contribution in [0.4, 0.5) is 13.2 Å². The van der Waals surface area contributed by atoms with Crippen molar-refractivity contribution in [3.05, 3.63) is 10.4 Å². The minimum Gasteiger partial charge on any atom is -0.171 e. The molecule has 0 aromatic rings. The van der Waals surface area contributed by atoms with Gasteiger partial charge in [0.15, 0.2) is 0 Å². The lowest BCUT2D eigenvalue weighted by Crippen LogP contribution is -2.17. The van der Waals surface area contributed by atoms with E-state index in [-0.39, 0.29) is 0 Å². The molecule has 0 radical (unpaired) electrons. The van der Waals surface area contributed by atoms with Crippen molar-refractivity contribution in [2.45, 2.75) is 83.4 Å². The number of alkyl halides is 3. The van der Waals surface area contributed by atoms with Gasteiger partial charge >= 0.3 is 6.18 Å². The third-order valence-corrected chi connectivity index (χ3v) is 3.07. The van der Waals surface area contributed by atoms with Crippen LogP contribution in [0.15, 0.2) is 5.11 Å². The van der Waals surface area contributed by atoms with Crippen molar-refractivity contribution < 1.29 is 13.2 Å². The molecule has 0 N–H and O–H groups in total. The van der Waals surface area contributed by atoms with Crippen molar-refractivity contribution in [1.29, 1.82) is 0 Å². The minimum atomic E-state index is -4.25. The zero-order valence-electron chi connectivity index (χ0n) is 11.6. The van der Waals surface area contributed by atoms with Crippen molar-refractivity contribution in [2.24, 2.45) is 5.11 Å². The first kappa shape index (κ1) is 18.1. The maximum absolute atomic E-state index is 12.2. The molecule has 0 aliphatic carbocycles. The molecule has 0 spiro atoms. The van der Waals surface area contributed by atoms with Gasteiger partial charge in [-0.05, 0) is 12.0 Å². The number of unbranched alkanes of at least 4 members (excludes halogenated alkanes) is 7. The van der Waals surface area contributed by atoms with E-state index in [4.69, 9.17) is 5.53 Å². The fourth-order valence-electron chi connectivity index (χ4n) is 2.05. The summed E-state index contributed by atoms with van der Waals surface area (Å²) in [5.41, 5.74) is 8.25. The van der Waals surface area contributed by atoms with Gasteiger partial charge in [-0.15, -0.1) is 0 Å². The lowest BCUT2D eigenvalue weighted by molar-refractivity contribution is -0.138. The predicted octanol–water partition coefficient (Wildman–Crippen LogP) is 6.15. The summed E-state index contributed by atoms with van der Waals surface area (Å²) in [6.45, 7) is 2.16. The van der Waals surface area contributed by atoms with E-state index in [1.54, 1.807) is 0 Å². The van der Waals surface area contributed by atoms with E-state index in [2.05, 4.69) is 16.9 Å². The van der Waals surface area contributed by atoms with Gasteiger partial charge in [0.2, 0.25) is 0 Å². The minimum absolute atomic E-state index is 0.332. The fourth-order valence-corrected chi connectivity index (χ4v) is 2.05. The summed E-state index contributed by atoms with van der Waals surface area (Å²) >= 11 is 0. The van der Waals surface area contributed by atoms with Gasteiger partial charge in [-0.1, -0.05) is 63.4 Å². The molecule has 0 rings (SSSR count). The molecule has 0 saturated carbocycles. The highest BCUT2D eigenvalue weighted by Crippen LogP contribution is 2.25. The van der Waals surface area contributed by atoms with Gasteiger partial charge in [-0.2, -0.15) is 13.2 Å². The molecule has 0 aromatic heterocycles. The first-order valence-electron chi connectivity index (χ1n) is 7.10. The van der Waals surface area contributed by atoms with Gasteiger partial charge in [0.1, 0.15) is 0 Å². The molecule has 1 unspecified atom stereocenters. The predicted molar refractivity (Wildman–Crippen MR) is 70.8 cm³/mol. The maximum Gasteiger partial charge on any atom is 0.389 e. The van der Waals surface area contributed by atoms with Gasteiger partial charge in [-0.25, -0.2) is 0 Å². The number of azide groups is 1. The van der Waals surface area contributed by atoms with Crippen molar-refractivity contribution in [2.75, 3.05) is 0 Å². The van der Waals surface area contributed by atoms with E-state index in [1.807, 2.05) is 0 Å². The Hall–Kier alpha value is -0.900. The normalized spacial score (nSPS) is 13.1. The molecule has 0 heterocycles. The highest BCUT2D eigenvalue weighted by Gasteiger charge is 2.31. The van der Waals surface area contributed by atoms with Crippen LogP contribution in [0, 0.1) is 0 Å². The molecule has 0 saturated heterocycles. The van der Waals surface area contributed by atoms with Gasteiger partial charge in [0, 0.05) is 11.0 Å². The molecule has 0 aliphatic heterocycles. The first-order valence-corrected chi connectivity index (χ1v) is 7.10. The zero-order valence-corrected chi connectivity index (χ0v) is 11.6. The smallest absolute Gasteiger partial charge is 0.171 e. The number of rotatable bonds is 11. The Morgan fingerprint density at radius 3 is 2.00 bits per heavy atom. The molecule has 19 heavy (non-hydrogen) atoms. The Kier molecular flexibility index (Phi) is 10.5. The lowest BCUT2D eigenvalue weighted by atomic mass is 10.0. The molecular formula is C13H24F3N3. The zero-order chi connectivity index (χ0) is 14.6. The van der Waals surface area contributed by atoms with Crippen LogP contribution < -0.4 is 0 Å². The van der Waals surface area contributed by atoms with Crippen LogP contribution in [0.5, 0.6) is 0 Å². The molecule has 3 nitrogen and oxygen atoms in total. The number of hydrogen-bond donors (Lipinski definition) is 0. The van der Waals surface area contributed by atoms with Crippen LogP contribution in [0.3, 0.4) is 0 Å². The number of halogens is 3. The first-order chi connectivity index (χ1) is 8.99. The molecule has 6 heteroatoms. The van der Waals surface area contributed by atoms with E-state index in [9.17, 15) is 13.2 Å². The summed E-state index contributed by atoms with van der Waals surface area (Å²) in [5, 5.41) is 3.23. The molecule has 0 aliphatic rings. The van der Waals surface area contributed by atoms with Crippen LogP contribution in [0.1, 0.15) is 71.1 Å². The summed E-state index contributed by atoms with van der Waals surface area (Å²) in [4.78, 5) is 2.49. The Balaban J connectivity index is 3.62. The summed E-state index contributed by atoms with van der Waals surface area (Å²) in [6.07, 6.45) is 3.81. The third-order valence-electron chi connectivity index (χ3n) is 3.07. The van der Waals surface area contributed by atoms with Gasteiger partial charge < -0.3 is 0 Å². The van der Waals surface area contributed by atoms with E-state index >= 15 is 0 Å². The Bertz CT molecular complexity index is 260. The summed E-state index contributed by atoms with van der Waals surface area (Å²) in [5.74, 6) is 0. The molecule has 0 aromatic carbocycles. The van der Waals surface area contributed by atoms with Crippen molar-refractivity contribution >= 4 is 0 Å². The fraction of sp³-hybridized carbons (Fsp3) is 1.00. The average molecular weight is 279 g/mol. The molecule has 0 amide bonds. The Labute approximate surface area is 113 Å². The lowest BCUT2D eigenvalue weighted by Gasteiger charge is -2.13. The van der Waals surface area contributed by atoms with Gasteiger partial charge in [-0.3, -0.25) is 0 Å². The van der Waals surface area contributed by atoms with E-state index in [0.717, 1.165) is 19.3 Å². The molecule has 0 bridgehead atoms.